The topological polar surface area (TPSA) is 67.5 Å². The Hall–Kier alpha value is -1.40. The number of morpholine rings is 1. The van der Waals surface area contributed by atoms with E-state index in [1.165, 1.54) is 12.8 Å². The molecule has 1 atom stereocenters. The minimum absolute atomic E-state index is 0.561. The molecular weight excluding hydrogens is 278 g/mol. The number of aromatic nitrogens is 2. The second-order valence-corrected chi connectivity index (χ2v) is 6.41. The zero-order valence-corrected chi connectivity index (χ0v) is 13.7. The molecule has 22 heavy (non-hydrogen) atoms. The van der Waals surface area contributed by atoms with Gasteiger partial charge in [0, 0.05) is 38.3 Å². The number of ether oxygens (including phenoxy) is 1. The van der Waals surface area contributed by atoms with Gasteiger partial charge in [0.25, 0.3) is 0 Å². The van der Waals surface area contributed by atoms with E-state index >= 15 is 0 Å². The molecule has 2 N–H and O–H groups in total. The van der Waals surface area contributed by atoms with Crippen molar-refractivity contribution in [2.24, 2.45) is 5.92 Å². The van der Waals surface area contributed by atoms with Crippen LogP contribution in [0.1, 0.15) is 25.6 Å². The lowest BCUT2D eigenvalue weighted by molar-refractivity contribution is 0.00448. The fourth-order valence-corrected chi connectivity index (χ4v) is 3.63. The molecule has 1 aromatic heterocycles. The van der Waals surface area contributed by atoms with Crippen molar-refractivity contribution in [1.82, 2.24) is 14.9 Å². The average molecular weight is 305 g/mol. The molecule has 0 amide bonds. The Kier molecular flexibility index (Phi) is 4.78. The summed E-state index contributed by atoms with van der Waals surface area (Å²) in [6.45, 7) is 10.3. The van der Waals surface area contributed by atoms with Gasteiger partial charge < -0.3 is 15.4 Å². The van der Waals surface area contributed by atoms with E-state index in [2.05, 4.69) is 26.7 Å². The van der Waals surface area contributed by atoms with Crippen LogP contribution in [0.4, 0.5) is 11.6 Å². The molecule has 0 radical (unpaired) electrons. The van der Waals surface area contributed by atoms with Crippen LogP contribution >= 0.6 is 0 Å². The molecule has 3 heterocycles. The monoisotopic (exact) mass is 305 g/mol. The Morgan fingerprint density at radius 1 is 1.18 bits per heavy atom. The van der Waals surface area contributed by atoms with E-state index in [-0.39, 0.29) is 0 Å². The molecule has 1 aromatic rings. The number of nitrogen functional groups attached to an aromatic ring is 1. The number of hydrogen-bond acceptors (Lipinski definition) is 6. The van der Waals surface area contributed by atoms with Gasteiger partial charge in [0.05, 0.1) is 13.2 Å². The molecule has 6 heteroatoms. The van der Waals surface area contributed by atoms with Gasteiger partial charge in [-0.15, -0.1) is 0 Å². The van der Waals surface area contributed by atoms with Gasteiger partial charge in [-0.25, -0.2) is 9.97 Å². The summed E-state index contributed by atoms with van der Waals surface area (Å²) < 4.78 is 5.46. The molecule has 2 aliphatic heterocycles. The third-order valence-corrected chi connectivity index (χ3v) is 5.01. The van der Waals surface area contributed by atoms with Crippen LogP contribution in [0.3, 0.4) is 0 Å². The summed E-state index contributed by atoms with van der Waals surface area (Å²) in [5.74, 6) is 3.04. The van der Waals surface area contributed by atoms with Gasteiger partial charge in [-0.1, -0.05) is 0 Å². The van der Waals surface area contributed by atoms with Gasteiger partial charge in [0.2, 0.25) is 0 Å². The van der Waals surface area contributed by atoms with Crippen LogP contribution < -0.4 is 10.6 Å². The van der Waals surface area contributed by atoms with E-state index in [0.29, 0.717) is 11.9 Å². The number of nitrogens with two attached hydrogens (primary N) is 1. The second-order valence-electron chi connectivity index (χ2n) is 6.41. The molecule has 0 spiro atoms. The summed E-state index contributed by atoms with van der Waals surface area (Å²) in [6.07, 6.45) is 2.42. The third-order valence-electron chi connectivity index (χ3n) is 5.01. The van der Waals surface area contributed by atoms with Crippen LogP contribution in [0, 0.1) is 12.8 Å². The minimum atomic E-state index is 0.561. The lowest BCUT2D eigenvalue weighted by atomic mass is 9.89. The van der Waals surface area contributed by atoms with Gasteiger partial charge in [-0.05, 0) is 32.6 Å². The third kappa shape index (κ3) is 3.50. The Balaban J connectivity index is 1.57. The molecule has 0 unspecified atom stereocenters. The number of rotatable bonds is 3. The zero-order valence-electron chi connectivity index (χ0n) is 13.7. The summed E-state index contributed by atoms with van der Waals surface area (Å²) in [5.41, 5.74) is 5.84. The molecule has 122 valence electrons. The van der Waals surface area contributed by atoms with E-state index in [1.54, 1.807) is 0 Å². The quantitative estimate of drug-likeness (QED) is 0.908. The van der Waals surface area contributed by atoms with Crippen molar-refractivity contribution >= 4 is 11.6 Å². The number of anilines is 2. The Morgan fingerprint density at radius 2 is 1.86 bits per heavy atom. The summed E-state index contributed by atoms with van der Waals surface area (Å²) in [5, 5.41) is 0. The maximum Gasteiger partial charge on any atom is 0.134 e. The predicted octanol–water partition coefficient (Wildman–Crippen LogP) is 1.30. The Morgan fingerprint density at radius 3 is 2.50 bits per heavy atom. The van der Waals surface area contributed by atoms with Gasteiger partial charge in [0.15, 0.2) is 0 Å². The average Bonchev–Trinajstić information content (AvgIpc) is 2.54. The highest BCUT2D eigenvalue weighted by molar-refractivity contribution is 5.47. The largest absolute Gasteiger partial charge is 0.384 e. The zero-order chi connectivity index (χ0) is 15.5. The first kappa shape index (κ1) is 15.5. The van der Waals surface area contributed by atoms with Crippen LogP contribution in [0.2, 0.25) is 0 Å². The summed E-state index contributed by atoms with van der Waals surface area (Å²) in [6, 6.07) is 2.53. The van der Waals surface area contributed by atoms with Crippen molar-refractivity contribution in [3.8, 4) is 0 Å². The summed E-state index contributed by atoms with van der Waals surface area (Å²) in [4.78, 5) is 13.6. The predicted molar refractivity (Wildman–Crippen MR) is 88.0 cm³/mol. The molecule has 6 nitrogen and oxygen atoms in total. The summed E-state index contributed by atoms with van der Waals surface area (Å²) >= 11 is 0. The van der Waals surface area contributed by atoms with E-state index in [9.17, 15) is 0 Å². The molecule has 0 aromatic carbocycles. The van der Waals surface area contributed by atoms with E-state index in [4.69, 9.17) is 10.5 Å². The van der Waals surface area contributed by atoms with Crippen LogP contribution in [0.25, 0.3) is 0 Å². The first-order valence-corrected chi connectivity index (χ1v) is 8.31. The standard InChI is InChI=1S/C16H27N5O/c1-12(20-7-9-22-10-8-20)14-3-5-21(6-4-14)16-11-15(17)18-13(2)19-16/h11-12,14H,3-10H2,1-2H3,(H2,17,18,19)/t12-/m0/s1. The van der Waals surface area contributed by atoms with Gasteiger partial charge in [-0.3, -0.25) is 4.90 Å². The molecule has 3 rings (SSSR count). The first-order valence-electron chi connectivity index (χ1n) is 8.31. The Labute approximate surface area is 132 Å². The fraction of sp³-hybridized carbons (Fsp3) is 0.750. The highest BCUT2D eigenvalue weighted by Gasteiger charge is 2.29. The molecule has 0 bridgehead atoms. The maximum atomic E-state index is 5.84. The molecule has 2 saturated heterocycles. The highest BCUT2D eigenvalue weighted by Crippen LogP contribution is 2.27. The van der Waals surface area contributed by atoms with Crippen molar-refractivity contribution in [2.75, 3.05) is 50.0 Å². The number of nitrogens with zero attached hydrogens (tertiary/aromatic N) is 4. The smallest absolute Gasteiger partial charge is 0.134 e. The van der Waals surface area contributed by atoms with Gasteiger partial charge >= 0.3 is 0 Å². The number of hydrogen-bond donors (Lipinski definition) is 1. The maximum absolute atomic E-state index is 5.84. The van der Waals surface area contributed by atoms with Crippen molar-refractivity contribution in [3.63, 3.8) is 0 Å². The molecular formula is C16H27N5O. The van der Waals surface area contributed by atoms with Crippen molar-refractivity contribution < 1.29 is 4.74 Å². The molecule has 2 aliphatic rings. The first-order chi connectivity index (χ1) is 10.6. The van der Waals surface area contributed by atoms with Crippen molar-refractivity contribution in [1.29, 1.82) is 0 Å². The van der Waals surface area contributed by atoms with Crippen LogP contribution in [0.5, 0.6) is 0 Å². The lowest BCUT2D eigenvalue weighted by Gasteiger charge is -2.41. The Bertz CT molecular complexity index is 475. The second kappa shape index (κ2) is 6.79. The van der Waals surface area contributed by atoms with E-state index < -0.39 is 0 Å². The highest BCUT2D eigenvalue weighted by atomic mass is 16.5. The van der Waals surface area contributed by atoms with Gasteiger partial charge in [-0.2, -0.15) is 0 Å². The number of piperidine rings is 1. The van der Waals surface area contributed by atoms with E-state index in [1.807, 2.05) is 13.0 Å². The summed E-state index contributed by atoms with van der Waals surface area (Å²) in [7, 11) is 0. The lowest BCUT2D eigenvalue weighted by Crippen LogP contribution is -2.48. The molecule has 0 aliphatic carbocycles. The SMILES string of the molecule is Cc1nc(N)cc(N2CCC([C@H](C)N3CCOCC3)CC2)n1. The van der Waals surface area contributed by atoms with Gasteiger partial charge in [0.1, 0.15) is 17.5 Å². The fourth-order valence-electron chi connectivity index (χ4n) is 3.63. The van der Waals surface area contributed by atoms with Crippen molar-refractivity contribution in [3.05, 3.63) is 11.9 Å². The normalized spacial score (nSPS) is 22.7. The van der Waals surface area contributed by atoms with Crippen molar-refractivity contribution in [2.45, 2.75) is 32.7 Å². The minimum Gasteiger partial charge on any atom is -0.384 e. The molecule has 2 fully saturated rings. The van der Waals surface area contributed by atoms with Crippen LogP contribution in [-0.2, 0) is 4.74 Å². The number of aryl methyl sites for hydroxylation is 1. The van der Waals surface area contributed by atoms with E-state index in [0.717, 1.165) is 57.0 Å². The van der Waals surface area contributed by atoms with Crippen LogP contribution in [0.15, 0.2) is 6.07 Å². The molecule has 0 saturated carbocycles. The van der Waals surface area contributed by atoms with Crippen LogP contribution in [-0.4, -0.2) is 60.3 Å².